The quantitative estimate of drug-likeness (QED) is 0.702. The predicted octanol–water partition coefficient (Wildman–Crippen LogP) is 3.26. The maximum absolute atomic E-state index is 12.4. The van der Waals surface area contributed by atoms with Crippen molar-refractivity contribution < 1.29 is 19.1 Å². The number of hydrogen-bond donors (Lipinski definition) is 0. The minimum atomic E-state index is -0.450. The minimum Gasteiger partial charge on any atom is -0.496 e. The summed E-state index contributed by atoms with van der Waals surface area (Å²) < 4.78 is 12.8. The third kappa shape index (κ3) is 4.15. The Labute approximate surface area is 159 Å². The van der Waals surface area contributed by atoms with Crippen LogP contribution in [-0.4, -0.2) is 42.1 Å². The van der Waals surface area contributed by atoms with Gasteiger partial charge < -0.3 is 18.9 Å². The molecule has 27 heavy (non-hydrogen) atoms. The van der Waals surface area contributed by atoms with Crippen LogP contribution in [0.4, 0.5) is 0 Å². The van der Waals surface area contributed by atoms with Crippen molar-refractivity contribution in [2.75, 3.05) is 20.8 Å². The van der Waals surface area contributed by atoms with Gasteiger partial charge in [0.25, 0.3) is 5.91 Å². The summed E-state index contributed by atoms with van der Waals surface area (Å²) in [6, 6.07) is 9.87. The number of carbonyl (C=O) groups excluding carboxylic acids is 2. The molecule has 0 radical (unpaired) electrons. The number of methoxy groups -OCH3 is 1. The van der Waals surface area contributed by atoms with E-state index < -0.39 is 5.97 Å². The fraction of sp³-hybridized carbons (Fsp3) is 0.429. The lowest BCUT2D eigenvalue weighted by molar-refractivity contribution is -0.133. The van der Waals surface area contributed by atoms with E-state index in [1.165, 1.54) is 4.90 Å². The molecule has 1 amide bonds. The van der Waals surface area contributed by atoms with Crippen LogP contribution in [0.2, 0.25) is 0 Å². The summed E-state index contributed by atoms with van der Waals surface area (Å²) in [5.41, 5.74) is 3.41. The zero-order valence-electron chi connectivity index (χ0n) is 16.3. The summed E-state index contributed by atoms with van der Waals surface area (Å²) >= 11 is 0. The summed E-state index contributed by atoms with van der Waals surface area (Å²) in [5.74, 6) is 0.0148. The van der Waals surface area contributed by atoms with Gasteiger partial charge in [0.05, 0.1) is 12.7 Å². The number of aryl methyl sites for hydroxylation is 1. The maximum atomic E-state index is 12.4. The molecule has 3 rings (SSSR count). The zero-order valence-corrected chi connectivity index (χ0v) is 16.3. The van der Waals surface area contributed by atoms with Gasteiger partial charge in [0.15, 0.2) is 6.61 Å². The second-order valence-corrected chi connectivity index (χ2v) is 7.02. The number of para-hydroxylation sites is 1. The van der Waals surface area contributed by atoms with Crippen LogP contribution in [0.15, 0.2) is 30.3 Å². The zero-order chi connectivity index (χ0) is 19.6. The standard InChI is InChI=1S/C21H26N2O4/c1-14-11-18(15(2)23(14)17-9-10-17)21(25)27-13-20(24)22(3)12-16-7-5-6-8-19(16)26-4/h5-8,11,17H,9-10,12-13H2,1-4H3. The Morgan fingerprint density at radius 2 is 1.93 bits per heavy atom. The highest BCUT2D eigenvalue weighted by atomic mass is 16.5. The molecule has 0 N–H and O–H groups in total. The van der Waals surface area contributed by atoms with Gasteiger partial charge in [-0.3, -0.25) is 4.79 Å². The third-order valence-corrected chi connectivity index (χ3v) is 4.97. The molecule has 0 saturated heterocycles. The Hall–Kier alpha value is -2.76. The normalized spacial score (nSPS) is 13.3. The molecule has 1 aliphatic carbocycles. The molecule has 0 atom stereocenters. The first-order valence-electron chi connectivity index (χ1n) is 9.13. The first kappa shape index (κ1) is 19.0. The fourth-order valence-electron chi connectivity index (χ4n) is 3.37. The van der Waals surface area contributed by atoms with Crippen LogP contribution in [0.3, 0.4) is 0 Å². The van der Waals surface area contributed by atoms with E-state index in [1.807, 2.05) is 44.2 Å². The van der Waals surface area contributed by atoms with Crippen molar-refractivity contribution in [3.8, 4) is 5.75 Å². The Balaban J connectivity index is 1.58. The molecule has 1 aromatic carbocycles. The van der Waals surface area contributed by atoms with Crippen molar-refractivity contribution in [1.82, 2.24) is 9.47 Å². The van der Waals surface area contributed by atoms with Crippen LogP contribution in [-0.2, 0) is 16.1 Å². The Kier molecular flexibility index (Phi) is 5.54. The molecule has 1 aliphatic rings. The van der Waals surface area contributed by atoms with Crippen LogP contribution in [0.25, 0.3) is 0 Å². The molecule has 0 unspecified atom stereocenters. The highest BCUT2D eigenvalue weighted by Crippen LogP contribution is 2.38. The van der Waals surface area contributed by atoms with E-state index in [0.29, 0.717) is 18.2 Å². The number of rotatable bonds is 7. The van der Waals surface area contributed by atoms with E-state index in [2.05, 4.69) is 4.57 Å². The molecule has 1 fully saturated rings. The first-order valence-corrected chi connectivity index (χ1v) is 9.13. The number of carbonyl (C=O) groups is 2. The van der Waals surface area contributed by atoms with E-state index in [0.717, 1.165) is 35.5 Å². The van der Waals surface area contributed by atoms with Gasteiger partial charge in [-0.1, -0.05) is 18.2 Å². The molecule has 6 heteroatoms. The molecule has 2 aromatic rings. The highest BCUT2D eigenvalue weighted by Gasteiger charge is 2.29. The molecule has 0 aliphatic heterocycles. The molecule has 1 aromatic heterocycles. The summed E-state index contributed by atoms with van der Waals surface area (Å²) in [5, 5.41) is 0. The first-order chi connectivity index (χ1) is 12.9. The predicted molar refractivity (Wildman–Crippen MR) is 102 cm³/mol. The van der Waals surface area contributed by atoms with Crippen LogP contribution in [0, 0.1) is 13.8 Å². The number of benzene rings is 1. The second kappa shape index (κ2) is 7.86. The Morgan fingerprint density at radius 3 is 2.59 bits per heavy atom. The number of nitrogens with zero attached hydrogens (tertiary/aromatic N) is 2. The Bertz CT molecular complexity index is 852. The van der Waals surface area contributed by atoms with Crippen LogP contribution in [0.5, 0.6) is 5.75 Å². The number of aromatic nitrogens is 1. The van der Waals surface area contributed by atoms with E-state index in [9.17, 15) is 9.59 Å². The van der Waals surface area contributed by atoms with E-state index >= 15 is 0 Å². The minimum absolute atomic E-state index is 0.259. The van der Waals surface area contributed by atoms with E-state index in [1.54, 1.807) is 14.2 Å². The van der Waals surface area contributed by atoms with Gasteiger partial charge in [0.1, 0.15) is 5.75 Å². The topological polar surface area (TPSA) is 60.8 Å². The summed E-state index contributed by atoms with van der Waals surface area (Å²) in [4.78, 5) is 26.3. The van der Waals surface area contributed by atoms with Crippen molar-refractivity contribution in [2.24, 2.45) is 0 Å². The third-order valence-electron chi connectivity index (χ3n) is 4.97. The molecule has 1 heterocycles. The Morgan fingerprint density at radius 1 is 1.22 bits per heavy atom. The van der Waals surface area contributed by atoms with Crippen molar-refractivity contribution in [1.29, 1.82) is 0 Å². The number of esters is 1. The second-order valence-electron chi connectivity index (χ2n) is 7.02. The number of ether oxygens (including phenoxy) is 2. The van der Waals surface area contributed by atoms with Gasteiger partial charge in [-0.25, -0.2) is 4.79 Å². The number of amides is 1. The van der Waals surface area contributed by atoms with Crippen molar-refractivity contribution in [2.45, 2.75) is 39.3 Å². The van der Waals surface area contributed by atoms with Crippen LogP contribution in [0.1, 0.15) is 46.2 Å². The van der Waals surface area contributed by atoms with E-state index in [4.69, 9.17) is 9.47 Å². The van der Waals surface area contributed by atoms with Crippen molar-refractivity contribution >= 4 is 11.9 Å². The summed E-state index contributed by atoms with van der Waals surface area (Å²) in [6.07, 6.45) is 2.30. The van der Waals surface area contributed by atoms with Crippen LogP contribution >= 0.6 is 0 Å². The van der Waals surface area contributed by atoms with Crippen LogP contribution < -0.4 is 4.74 Å². The van der Waals surface area contributed by atoms with Crippen molar-refractivity contribution in [3.05, 3.63) is 52.8 Å². The molecular weight excluding hydrogens is 344 g/mol. The highest BCUT2D eigenvalue weighted by molar-refractivity contribution is 5.92. The van der Waals surface area contributed by atoms with Gasteiger partial charge >= 0.3 is 5.97 Å². The maximum Gasteiger partial charge on any atom is 0.340 e. The fourth-order valence-corrected chi connectivity index (χ4v) is 3.37. The lowest BCUT2D eigenvalue weighted by Gasteiger charge is -2.18. The van der Waals surface area contributed by atoms with Gasteiger partial charge in [-0.2, -0.15) is 0 Å². The molecule has 6 nitrogen and oxygen atoms in total. The smallest absolute Gasteiger partial charge is 0.340 e. The van der Waals surface area contributed by atoms with Gasteiger partial charge in [-0.15, -0.1) is 0 Å². The lowest BCUT2D eigenvalue weighted by Crippen LogP contribution is -2.31. The molecular formula is C21H26N2O4. The average Bonchev–Trinajstić information content (AvgIpc) is 3.44. The number of hydrogen-bond acceptors (Lipinski definition) is 4. The molecule has 1 saturated carbocycles. The summed E-state index contributed by atoms with van der Waals surface area (Å²) in [6.45, 7) is 4.03. The van der Waals surface area contributed by atoms with E-state index in [-0.39, 0.29) is 12.5 Å². The SMILES string of the molecule is COc1ccccc1CN(C)C(=O)COC(=O)c1cc(C)n(C2CC2)c1C. The molecule has 144 valence electrons. The van der Waals surface area contributed by atoms with Crippen molar-refractivity contribution in [3.63, 3.8) is 0 Å². The average molecular weight is 370 g/mol. The number of likely N-dealkylation sites (N-methyl/N-ethyl adjacent to an activating group) is 1. The molecule has 0 bridgehead atoms. The largest absolute Gasteiger partial charge is 0.496 e. The lowest BCUT2D eigenvalue weighted by atomic mass is 10.2. The molecule has 0 spiro atoms. The summed E-state index contributed by atoms with van der Waals surface area (Å²) in [7, 11) is 3.28. The monoisotopic (exact) mass is 370 g/mol. The van der Waals surface area contributed by atoms with Gasteiger partial charge in [-0.05, 0) is 38.8 Å². The van der Waals surface area contributed by atoms with Gasteiger partial charge in [0, 0.05) is 36.6 Å². The van der Waals surface area contributed by atoms with Gasteiger partial charge in [0.2, 0.25) is 0 Å².